The number of hydrogen-bond acceptors (Lipinski definition) is 4. The van der Waals surface area contributed by atoms with Crippen LogP contribution in [0.1, 0.15) is 16.1 Å². The van der Waals surface area contributed by atoms with Gasteiger partial charge in [-0.05, 0) is 37.3 Å². The number of hydrogen-bond donors (Lipinski definition) is 2. The van der Waals surface area contributed by atoms with Crippen LogP contribution in [0.3, 0.4) is 0 Å². The van der Waals surface area contributed by atoms with Crippen molar-refractivity contribution in [3.05, 3.63) is 47.9 Å². The molecule has 6 heteroatoms. The maximum absolute atomic E-state index is 12.4. The van der Waals surface area contributed by atoms with Gasteiger partial charge in [-0.2, -0.15) is 0 Å². The Bertz CT molecular complexity index is 629. The molecule has 0 aliphatic carbocycles. The van der Waals surface area contributed by atoms with Crippen molar-refractivity contribution in [2.24, 2.45) is 0 Å². The molecule has 0 fully saturated rings. The summed E-state index contributed by atoms with van der Waals surface area (Å²) in [6, 6.07) is 7.32. The molecule has 1 heterocycles. The van der Waals surface area contributed by atoms with E-state index in [9.17, 15) is 14.7 Å². The zero-order chi connectivity index (χ0) is 14.7. The Morgan fingerprint density at radius 2 is 1.85 bits per heavy atom. The molecular weight excluding hydrogens is 262 g/mol. The van der Waals surface area contributed by atoms with E-state index >= 15 is 0 Å². The van der Waals surface area contributed by atoms with Crippen LogP contribution in [0, 0.1) is 6.92 Å². The number of benzene rings is 1. The predicted molar refractivity (Wildman–Crippen MR) is 70.9 cm³/mol. The number of rotatable bonds is 4. The van der Waals surface area contributed by atoms with Crippen molar-refractivity contribution < 1.29 is 24.2 Å². The Morgan fingerprint density at radius 1 is 1.20 bits per heavy atom. The number of nitrogens with zero attached hydrogens (tertiary/aromatic N) is 1. The van der Waals surface area contributed by atoms with Gasteiger partial charge in [0.25, 0.3) is 5.91 Å². The van der Waals surface area contributed by atoms with Crippen LogP contribution < -0.4 is 4.90 Å². The first-order valence-corrected chi connectivity index (χ1v) is 5.86. The van der Waals surface area contributed by atoms with Crippen molar-refractivity contribution in [3.63, 3.8) is 0 Å². The van der Waals surface area contributed by atoms with Gasteiger partial charge in [-0.25, -0.2) is 0 Å². The van der Waals surface area contributed by atoms with Crippen LogP contribution in [0.15, 0.2) is 41.0 Å². The number of phenolic OH excluding ortho intramolecular Hbond substituents is 1. The summed E-state index contributed by atoms with van der Waals surface area (Å²) in [6.45, 7) is 1.20. The molecule has 2 N–H and O–H groups in total. The summed E-state index contributed by atoms with van der Waals surface area (Å²) in [4.78, 5) is 24.4. The highest BCUT2D eigenvalue weighted by Gasteiger charge is 2.24. The minimum Gasteiger partial charge on any atom is -0.508 e. The van der Waals surface area contributed by atoms with Crippen LogP contribution in [-0.2, 0) is 4.79 Å². The number of aryl methyl sites for hydroxylation is 1. The van der Waals surface area contributed by atoms with Crippen LogP contribution in [0.2, 0.25) is 0 Å². The van der Waals surface area contributed by atoms with Crippen LogP contribution in [0.4, 0.5) is 5.69 Å². The molecule has 1 aromatic heterocycles. The van der Waals surface area contributed by atoms with E-state index in [-0.39, 0.29) is 11.5 Å². The number of carbonyl (C=O) groups is 2. The molecule has 0 unspecified atom stereocenters. The van der Waals surface area contributed by atoms with Gasteiger partial charge in [0, 0.05) is 11.3 Å². The fraction of sp³-hybridized carbons (Fsp3) is 0.143. The lowest BCUT2D eigenvalue weighted by molar-refractivity contribution is -0.135. The molecule has 0 aliphatic heterocycles. The quantitative estimate of drug-likeness (QED) is 0.890. The molecule has 0 saturated heterocycles. The maximum atomic E-state index is 12.4. The SMILES string of the molecule is Cc1ccoc1C(=O)N(CC(=O)O)c1ccc(O)cc1. The fourth-order valence-electron chi connectivity index (χ4n) is 1.76. The van der Waals surface area contributed by atoms with E-state index < -0.39 is 18.4 Å². The summed E-state index contributed by atoms with van der Waals surface area (Å²) in [6.07, 6.45) is 1.37. The van der Waals surface area contributed by atoms with Crippen molar-refractivity contribution in [2.45, 2.75) is 6.92 Å². The molecule has 0 saturated carbocycles. The number of amides is 1. The number of anilines is 1. The second kappa shape index (κ2) is 5.48. The van der Waals surface area contributed by atoms with Gasteiger partial charge in [0.1, 0.15) is 12.3 Å². The fourth-order valence-corrected chi connectivity index (χ4v) is 1.76. The van der Waals surface area contributed by atoms with Crippen molar-refractivity contribution in [1.29, 1.82) is 0 Å². The van der Waals surface area contributed by atoms with E-state index in [2.05, 4.69) is 0 Å². The third-order valence-corrected chi connectivity index (χ3v) is 2.76. The molecule has 1 aromatic carbocycles. The molecule has 1 amide bonds. The first-order chi connectivity index (χ1) is 9.49. The number of aromatic hydroxyl groups is 1. The topological polar surface area (TPSA) is 91.0 Å². The van der Waals surface area contributed by atoms with Crippen LogP contribution in [0.25, 0.3) is 0 Å². The Morgan fingerprint density at radius 3 is 2.35 bits per heavy atom. The lowest BCUT2D eigenvalue weighted by Gasteiger charge is -2.20. The van der Waals surface area contributed by atoms with E-state index in [4.69, 9.17) is 9.52 Å². The molecule has 0 spiro atoms. The maximum Gasteiger partial charge on any atom is 0.323 e. The van der Waals surface area contributed by atoms with Crippen LogP contribution in [-0.4, -0.2) is 28.6 Å². The van der Waals surface area contributed by atoms with Gasteiger partial charge in [-0.15, -0.1) is 0 Å². The van der Waals surface area contributed by atoms with Gasteiger partial charge in [-0.3, -0.25) is 14.5 Å². The van der Waals surface area contributed by atoms with E-state index in [0.717, 1.165) is 4.90 Å². The summed E-state index contributed by atoms with van der Waals surface area (Å²) >= 11 is 0. The average molecular weight is 275 g/mol. The monoisotopic (exact) mass is 275 g/mol. The number of aliphatic carboxylic acids is 1. The van der Waals surface area contributed by atoms with Crippen LogP contribution >= 0.6 is 0 Å². The van der Waals surface area contributed by atoms with Gasteiger partial charge in [0.05, 0.1) is 6.26 Å². The van der Waals surface area contributed by atoms with Gasteiger partial charge in [0.15, 0.2) is 5.76 Å². The molecule has 104 valence electrons. The van der Waals surface area contributed by atoms with E-state index in [1.165, 1.54) is 30.5 Å². The zero-order valence-electron chi connectivity index (χ0n) is 10.7. The minimum atomic E-state index is -1.14. The molecule has 0 aliphatic rings. The first-order valence-electron chi connectivity index (χ1n) is 5.86. The minimum absolute atomic E-state index is 0.0330. The number of phenols is 1. The lowest BCUT2D eigenvalue weighted by Crippen LogP contribution is -2.35. The summed E-state index contributed by atoms with van der Waals surface area (Å²) in [5.74, 6) is -1.55. The van der Waals surface area contributed by atoms with Gasteiger partial charge < -0.3 is 14.6 Å². The highest BCUT2D eigenvalue weighted by molar-refractivity contribution is 6.07. The van der Waals surface area contributed by atoms with Crippen molar-refractivity contribution >= 4 is 17.6 Å². The number of furan rings is 1. The Hall–Kier alpha value is -2.76. The van der Waals surface area contributed by atoms with Crippen molar-refractivity contribution in [1.82, 2.24) is 0 Å². The third-order valence-electron chi connectivity index (χ3n) is 2.76. The molecule has 0 radical (unpaired) electrons. The number of carboxylic acid groups (broad SMARTS) is 1. The van der Waals surface area contributed by atoms with Crippen LogP contribution in [0.5, 0.6) is 5.75 Å². The summed E-state index contributed by atoms with van der Waals surface area (Å²) in [5.41, 5.74) is 0.996. The Kier molecular flexibility index (Phi) is 3.74. The largest absolute Gasteiger partial charge is 0.508 e. The molecular formula is C14H13NO5. The predicted octanol–water partition coefficient (Wildman–Crippen LogP) is 2.03. The molecule has 20 heavy (non-hydrogen) atoms. The molecule has 2 rings (SSSR count). The Labute approximate surface area is 114 Å². The highest BCUT2D eigenvalue weighted by atomic mass is 16.4. The van der Waals surface area contributed by atoms with E-state index in [1.807, 2.05) is 0 Å². The summed E-state index contributed by atoms with van der Waals surface area (Å²) < 4.78 is 5.10. The first kappa shape index (κ1) is 13.7. The van der Waals surface area contributed by atoms with Crippen molar-refractivity contribution in [3.8, 4) is 5.75 Å². The number of carbonyl (C=O) groups excluding carboxylic acids is 1. The molecule has 0 bridgehead atoms. The number of carboxylic acids is 1. The second-order valence-electron chi connectivity index (χ2n) is 4.23. The second-order valence-corrected chi connectivity index (χ2v) is 4.23. The van der Waals surface area contributed by atoms with Gasteiger partial charge in [0.2, 0.25) is 0 Å². The molecule has 0 atom stereocenters. The van der Waals surface area contributed by atoms with E-state index in [0.29, 0.717) is 11.3 Å². The summed E-state index contributed by atoms with van der Waals surface area (Å²) in [7, 11) is 0. The van der Waals surface area contributed by atoms with Gasteiger partial charge >= 0.3 is 5.97 Å². The van der Waals surface area contributed by atoms with Gasteiger partial charge in [-0.1, -0.05) is 0 Å². The van der Waals surface area contributed by atoms with Crippen molar-refractivity contribution in [2.75, 3.05) is 11.4 Å². The zero-order valence-corrected chi connectivity index (χ0v) is 10.7. The normalized spacial score (nSPS) is 10.2. The molecule has 6 nitrogen and oxygen atoms in total. The lowest BCUT2D eigenvalue weighted by atomic mass is 10.2. The summed E-state index contributed by atoms with van der Waals surface area (Å²) in [5, 5.41) is 18.2. The molecule has 2 aromatic rings. The van der Waals surface area contributed by atoms with E-state index in [1.54, 1.807) is 13.0 Å². The average Bonchev–Trinajstić information content (AvgIpc) is 2.82. The highest BCUT2D eigenvalue weighted by Crippen LogP contribution is 2.21. The third kappa shape index (κ3) is 2.80. The smallest absolute Gasteiger partial charge is 0.323 e. The standard InChI is InChI=1S/C14H13NO5/c1-9-6-7-20-13(9)14(19)15(8-12(17)18)10-2-4-11(16)5-3-10/h2-7,16H,8H2,1H3,(H,17,18). The Balaban J connectivity index is 2.37.